The van der Waals surface area contributed by atoms with E-state index in [-0.39, 0.29) is 0 Å². The molecule has 0 aromatic heterocycles. The molecule has 1 aromatic rings. The third-order valence-electron chi connectivity index (χ3n) is 3.48. The van der Waals surface area contributed by atoms with Crippen LogP contribution < -0.4 is 10.2 Å². The summed E-state index contributed by atoms with van der Waals surface area (Å²) in [6, 6.07) is 6.54. The lowest BCUT2D eigenvalue weighted by atomic mass is 10.1. The van der Waals surface area contributed by atoms with Gasteiger partial charge in [0.2, 0.25) is 0 Å². The number of halogens is 1. The molecule has 1 atom stereocenters. The predicted molar refractivity (Wildman–Crippen MR) is 78.9 cm³/mol. The molecule has 18 heavy (non-hydrogen) atoms. The van der Waals surface area contributed by atoms with Crippen LogP contribution in [0.5, 0.6) is 0 Å². The molecule has 100 valence electrons. The highest BCUT2D eigenvalue weighted by Crippen LogP contribution is 2.31. The zero-order valence-electron chi connectivity index (χ0n) is 10.8. The first kappa shape index (κ1) is 13.8. The van der Waals surface area contributed by atoms with Gasteiger partial charge in [-0.3, -0.25) is 0 Å². The van der Waals surface area contributed by atoms with Gasteiger partial charge in [0.1, 0.15) is 0 Å². The monoisotopic (exact) mass is 312 g/mol. The molecule has 4 heteroatoms. The van der Waals surface area contributed by atoms with Gasteiger partial charge in [0.25, 0.3) is 0 Å². The van der Waals surface area contributed by atoms with Crippen LogP contribution in [0.25, 0.3) is 0 Å². The number of anilines is 1. The lowest BCUT2D eigenvalue weighted by Crippen LogP contribution is -2.21. The molecule has 3 nitrogen and oxygen atoms in total. The van der Waals surface area contributed by atoms with Crippen LogP contribution in [-0.4, -0.2) is 31.3 Å². The van der Waals surface area contributed by atoms with Crippen molar-refractivity contribution in [2.75, 3.05) is 31.1 Å². The van der Waals surface area contributed by atoms with Crippen LogP contribution in [-0.2, 0) is 6.54 Å². The minimum absolute atomic E-state index is 0.298. The summed E-state index contributed by atoms with van der Waals surface area (Å²) in [5.74, 6) is 0.429. The molecule has 2 rings (SSSR count). The second-order valence-electron chi connectivity index (χ2n) is 4.85. The van der Waals surface area contributed by atoms with E-state index in [1.165, 1.54) is 11.3 Å². The van der Waals surface area contributed by atoms with E-state index in [2.05, 4.69) is 51.3 Å². The minimum Gasteiger partial charge on any atom is -0.396 e. The number of benzene rings is 1. The number of aliphatic hydroxyl groups excluding tert-OH is 1. The van der Waals surface area contributed by atoms with Gasteiger partial charge in [-0.1, -0.05) is 13.0 Å². The smallest absolute Gasteiger partial charge is 0.0510 e. The third kappa shape index (κ3) is 3.25. The summed E-state index contributed by atoms with van der Waals surface area (Å²) in [6.07, 6.45) is 1.09. The zero-order valence-corrected chi connectivity index (χ0v) is 12.4. The molecule has 1 aliphatic rings. The first-order valence-electron chi connectivity index (χ1n) is 6.59. The summed E-state index contributed by atoms with van der Waals surface area (Å²) in [7, 11) is 0. The number of nitrogens with one attached hydrogen (secondary N) is 1. The Labute approximate surface area is 117 Å². The fourth-order valence-corrected chi connectivity index (χ4v) is 3.06. The Morgan fingerprint density at radius 3 is 2.94 bits per heavy atom. The first-order chi connectivity index (χ1) is 8.74. The Balaban J connectivity index is 2.05. The van der Waals surface area contributed by atoms with Gasteiger partial charge in [-0.05, 0) is 46.6 Å². The molecule has 0 aliphatic carbocycles. The van der Waals surface area contributed by atoms with Crippen LogP contribution in [0.2, 0.25) is 0 Å². The molecular formula is C14H21BrN2O. The predicted octanol–water partition coefficient (Wildman–Crippen LogP) is 2.38. The molecule has 1 unspecified atom stereocenters. The highest BCUT2D eigenvalue weighted by molar-refractivity contribution is 9.10. The average Bonchev–Trinajstić information content (AvgIpc) is 2.85. The van der Waals surface area contributed by atoms with Crippen LogP contribution in [0.4, 0.5) is 5.69 Å². The maximum absolute atomic E-state index is 9.19. The summed E-state index contributed by atoms with van der Waals surface area (Å²) < 4.78 is 1.15. The Kier molecular flexibility index (Phi) is 5.03. The van der Waals surface area contributed by atoms with Crippen LogP contribution in [0.1, 0.15) is 18.9 Å². The van der Waals surface area contributed by atoms with E-state index in [1.807, 2.05) is 0 Å². The summed E-state index contributed by atoms with van der Waals surface area (Å²) in [5.41, 5.74) is 2.54. The van der Waals surface area contributed by atoms with E-state index in [0.29, 0.717) is 12.5 Å². The maximum atomic E-state index is 9.19. The van der Waals surface area contributed by atoms with Crippen LogP contribution in [0.3, 0.4) is 0 Å². The summed E-state index contributed by atoms with van der Waals surface area (Å²) >= 11 is 3.66. The highest BCUT2D eigenvalue weighted by atomic mass is 79.9. The van der Waals surface area contributed by atoms with Crippen LogP contribution >= 0.6 is 15.9 Å². The van der Waals surface area contributed by atoms with E-state index in [1.54, 1.807) is 0 Å². The fourth-order valence-electron chi connectivity index (χ4n) is 2.39. The van der Waals surface area contributed by atoms with Crippen molar-refractivity contribution < 1.29 is 5.11 Å². The van der Waals surface area contributed by atoms with Gasteiger partial charge in [0, 0.05) is 36.6 Å². The molecule has 0 saturated carbocycles. The quantitative estimate of drug-likeness (QED) is 0.876. The number of rotatable bonds is 5. The molecule has 1 saturated heterocycles. The minimum atomic E-state index is 0.298. The van der Waals surface area contributed by atoms with Crippen molar-refractivity contribution in [1.29, 1.82) is 0 Å². The van der Waals surface area contributed by atoms with Gasteiger partial charge >= 0.3 is 0 Å². The molecule has 1 aromatic carbocycles. The van der Waals surface area contributed by atoms with Crippen molar-refractivity contribution in [2.24, 2.45) is 5.92 Å². The second-order valence-corrected chi connectivity index (χ2v) is 5.70. The van der Waals surface area contributed by atoms with Crippen molar-refractivity contribution in [2.45, 2.75) is 19.9 Å². The lowest BCUT2D eigenvalue weighted by molar-refractivity contribution is 0.238. The van der Waals surface area contributed by atoms with Crippen LogP contribution in [0, 0.1) is 5.92 Å². The topological polar surface area (TPSA) is 35.5 Å². The van der Waals surface area contributed by atoms with Crippen molar-refractivity contribution in [3.63, 3.8) is 0 Å². The molecule has 1 fully saturated rings. The van der Waals surface area contributed by atoms with Gasteiger partial charge < -0.3 is 15.3 Å². The first-order valence-corrected chi connectivity index (χ1v) is 7.38. The molecule has 2 N–H and O–H groups in total. The summed E-state index contributed by atoms with van der Waals surface area (Å²) in [6.45, 7) is 6.31. The Hall–Kier alpha value is -0.580. The highest BCUT2D eigenvalue weighted by Gasteiger charge is 2.23. The fraction of sp³-hybridized carbons (Fsp3) is 0.571. The van der Waals surface area contributed by atoms with Gasteiger partial charge in [-0.25, -0.2) is 0 Å². The largest absolute Gasteiger partial charge is 0.396 e. The molecule has 1 aliphatic heterocycles. The molecule has 0 amide bonds. The van der Waals surface area contributed by atoms with E-state index in [4.69, 9.17) is 0 Å². The van der Waals surface area contributed by atoms with E-state index >= 15 is 0 Å². The molecular weight excluding hydrogens is 292 g/mol. The van der Waals surface area contributed by atoms with E-state index in [9.17, 15) is 5.11 Å². The van der Waals surface area contributed by atoms with E-state index in [0.717, 1.165) is 37.1 Å². The Bertz CT molecular complexity index is 397. The normalized spacial score (nSPS) is 19.5. The van der Waals surface area contributed by atoms with E-state index < -0.39 is 0 Å². The zero-order chi connectivity index (χ0) is 13.0. The average molecular weight is 313 g/mol. The van der Waals surface area contributed by atoms with Gasteiger partial charge in [0.15, 0.2) is 0 Å². The Morgan fingerprint density at radius 2 is 2.33 bits per heavy atom. The molecule has 0 spiro atoms. The lowest BCUT2D eigenvalue weighted by Gasteiger charge is -2.20. The molecule has 0 radical (unpaired) electrons. The Morgan fingerprint density at radius 1 is 1.50 bits per heavy atom. The SMILES string of the molecule is CCNCc1ccc(N2CCC(CO)C2)c(Br)c1. The number of nitrogens with zero attached hydrogens (tertiary/aromatic N) is 1. The third-order valence-corrected chi connectivity index (χ3v) is 4.11. The number of hydrogen-bond donors (Lipinski definition) is 2. The number of aliphatic hydroxyl groups is 1. The molecule has 1 heterocycles. The van der Waals surface area contributed by atoms with Gasteiger partial charge in [0.05, 0.1) is 5.69 Å². The van der Waals surface area contributed by atoms with Crippen molar-refractivity contribution >= 4 is 21.6 Å². The van der Waals surface area contributed by atoms with Gasteiger partial charge in [-0.2, -0.15) is 0 Å². The summed E-state index contributed by atoms with van der Waals surface area (Å²) in [5, 5.41) is 12.5. The standard InChI is InChI=1S/C14H21BrN2O/c1-2-16-8-11-3-4-14(13(15)7-11)17-6-5-12(9-17)10-18/h3-4,7,12,16,18H,2,5-6,8-10H2,1H3. The second kappa shape index (κ2) is 6.55. The maximum Gasteiger partial charge on any atom is 0.0510 e. The van der Waals surface area contributed by atoms with Crippen molar-refractivity contribution in [3.05, 3.63) is 28.2 Å². The van der Waals surface area contributed by atoms with Crippen LogP contribution in [0.15, 0.2) is 22.7 Å². The van der Waals surface area contributed by atoms with Gasteiger partial charge in [-0.15, -0.1) is 0 Å². The van der Waals surface area contributed by atoms with Crippen molar-refractivity contribution in [1.82, 2.24) is 5.32 Å². The summed E-state index contributed by atoms with van der Waals surface area (Å²) in [4.78, 5) is 2.35. The molecule has 0 bridgehead atoms. The number of hydrogen-bond acceptors (Lipinski definition) is 3. The van der Waals surface area contributed by atoms with Crippen molar-refractivity contribution in [3.8, 4) is 0 Å².